The van der Waals surface area contributed by atoms with E-state index in [1.807, 2.05) is 12.1 Å². The average Bonchev–Trinajstić information content (AvgIpc) is 2.59. The summed E-state index contributed by atoms with van der Waals surface area (Å²) in [6.45, 7) is 0. The summed E-state index contributed by atoms with van der Waals surface area (Å²) in [7, 11) is 0. The Labute approximate surface area is 78.0 Å². The first-order valence-electron chi connectivity index (χ1n) is 4.16. The fourth-order valence-electron chi connectivity index (χ4n) is 1.52. The zero-order valence-corrected chi connectivity index (χ0v) is 7.14. The van der Waals surface area contributed by atoms with Gasteiger partial charge in [-0.15, -0.1) is 0 Å². The summed E-state index contributed by atoms with van der Waals surface area (Å²) < 4.78 is 1.64. The fourth-order valence-corrected chi connectivity index (χ4v) is 1.52. The third-order valence-corrected chi connectivity index (χ3v) is 2.14. The van der Waals surface area contributed by atoms with Crippen LogP contribution >= 0.6 is 0 Å². The van der Waals surface area contributed by atoms with Crippen molar-refractivity contribution < 1.29 is 0 Å². The van der Waals surface area contributed by atoms with Gasteiger partial charge in [-0.2, -0.15) is 5.10 Å². The molecule has 5 heteroatoms. The van der Waals surface area contributed by atoms with Gasteiger partial charge in [0.2, 0.25) is 0 Å². The van der Waals surface area contributed by atoms with Gasteiger partial charge >= 0.3 is 0 Å². The summed E-state index contributed by atoms with van der Waals surface area (Å²) in [6.07, 6.45) is 3.04. The standard InChI is InChI=1S/C9H6N4O/c14-9-7-4-6-2-1-3-12-13(6)8(7)10-5-11-9/h1-5H,(H,10,11,14). The molecule has 0 aromatic carbocycles. The molecule has 0 amide bonds. The Hall–Kier alpha value is -2.17. The van der Waals surface area contributed by atoms with Crippen molar-refractivity contribution in [2.24, 2.45) is 0 Å². The SMILES string of the molecule is O=c1[nH]cnc2c1cc1cccnn12. The van der Waals surface area contributed by atoms with Crippen molar-refractivity contribution in [2.45, 2.75) is 0 Å². The van der Waals surface area contributed by atoms with Crippen molar-refractivity contribution in [2.75, 3.05) is 0 Å². The highest BCUT2D eigenvalue weighted by Crippen LogP contribution is 2.11. The molecule has 0 aliphatic carbocycles. The molecule has 3 rings (SSSR count). The van der Waals surface area contributed by atoms with Crippen molar-refractivity contribution in [3.63, 3.8) is 0 Å². The number of nitrogens with one attached hydrogen (secondary N) is 1. The molecule has 0 atom stereocenters. The van der Waals surface area contributed by atoms with E-state index in [2.05, 4.69) is 15.1 Å². The summed E-state index contributed by atoms with van der Waals surface area (Å²) in [6, 6.07) is 5.48. The third-order valence-electron chi connectivity index (χ3n) is 2.14. The maximum Gasteiger partial charge on any atom is 0.260 e. The van der Waals surface area contributed by atoms with Crippen LogP contribution < -0.4 is 5.56 Å². The Morgan fingerprint density at radius 1 is 1.43 bits per heavy atom. The molecule has 1 N–H and O–H groups in total. The molecule has 0 saturated heterocycles. The quantitative estimate of drug-likeness (QED) is 0.558. The van der Waals surface area contributed by atoms with Gasteiger partial charge in [-0.1, -0.05) is 0 Å². The maximum atomic E-state index is 11.4. The topological polar surface area (TPSA) is 63.0 Å². The second-order valence-corrected chi connectivity index (χ2v) is 2.97. The van der Waals surface area contributed by atoms with Crippen molar-refractivity contribution in [1.82, 2.24) is 19.6 Å². The van der Waals surface area contributed by atoms with E-state index in [1.165, 1.54) is 6.33 Å². The number of aromatic nitrogens is 4. The van der Waals surface area contributed by atoms with Crippen LogP contribution in [0.4, 0.5) is 0 Å². The molecule has 3 aromatic heterocycles. The molecular formula is C9H6N4O. The van der Waals surface area contributed by atoms with E-state index in [4.69, 9.17) is 0 Å². The first-order chi connectivity index (χ1) is 6.86. The zero-order chi connectivity index (χ0) is 9.54. The molecule has 5 nitrogen and oxygen atoms in total. The molecule has 0 bridgehead atoms. The van der Waals surface area contributed by atoms with Crippen LogP contribution in [0.25, 0.3) is 16.6 Å². The Kier molecular flexibility index (Phi) is 1.25. The molecule has 0 unspecified atom stereocenters. The normalized spacial score (nSPS) is 11.1. The molecule has 3 aromatic rings. The second kappa shape index (κ2) is 2.41. The summed E-state index contributed by atoms with van der Waals surface area (Å²) in [5.74, 6) is 0. The summed E-state index contributed by atoms with van der Waals surface area (Å²) >= 11 is 0. The van der Waals surface area contributed by atoms with Crippen LogP contribution in [-0.2, 0) is 0 Å². The van der Waals surface area contributed by atoms with E-state index >= 15 is 0 Å². The predicted octanol–water partition coefficient (Wildman–Crippen LogP) is 0.571. The predicted molar refractivity (Wildman–Crippen MR) is 51.1 cm³/mol. The van der Waals surface area contributed by atoms with Crippen LogP contribution in [-0.4, -0.2) is 19.6 Å². The Balaban J connectivity index is 2.70. The minimum Gasteiger partial charge on any atom is -0.313 e. The molecule has 0 radical (unpaired) electrons. The van der Waals surface area contributed by atoms with Gasteiger partial charge in [0.25, 0.3) is 5.56 Å². The lowest BCUT2D eigenvalue weighted by Crippen LogP contribution is -2.05. The van der Waals surface area contributed by atoms with Crippen LogP contribution in [0.3, 0.4) is 0 Å². The van der Waals surface area contributed by atoms with E-state index in [0.29, 0.717) is 11.0 Å². The van der Waals surface area contributed by atoms with Crippen LogP contribution in [0.1, 0.15) is 0 Å². The number of hydrogen-bond donors (Lipinski definition) is 1. The van der Waals surface area contributed by atoms with Crippen LogP contribution in [0.15, 0.2) is 35.5 Å². The highest BCUT2D eigenvalue weighted by Gasteiger charge is 2.05. The van der Waals surface area contributed by atoms with Crippen LogP contribution in [0, 0.1) is 0 Å². The second-order valence-electron chi connectivity index (χ2n) is 2.97. The summed E-state index contributed by atoms with van der Waals surface area (Å²) in [5.41, 5.74) is 1.32. The van der Waals surface area contributed by atoms with Gasteiger partial charge in [-0.3, -0.25) is 4.79 Å². The number of rotatable bonds is 0. The molecule has 0 spiro atoms. The number of H-pyrrole nitrogens is 1. The van der Waals surface area contributed by atoms with E-state index in [1.54, 1.807) is 16.8 Å². The number of nitrogens with zero attached hydrogens (tertiary/aromatic N) is 3. The van der Waals surface area contributed by atoms with Crippen molar-refractivity contribution >= 4 is 16.6 Å². The zero-order valence-electron chi connectivity index (χ0n) is 7.14. The number of fused-ring (bicyclic) bond motifs is 3. The highest BCUT2D eigenvalue weighted by atomic mass is 16.1. The summed E-state index contributed by atoms with van der Waals surface area (Å²) in [5, 5.41) is 4.67. The van der Waals surface area contributed by atoms with Gasteiger partial charge in [0.05, 0.1) is 17.2 Å². The van der Waals surface area contributed by atoms with E-state index in [0.717, 1.165) is 5.52 Å². The van der Waals surface area contributed by atoms with Crippen molar-refractivity contribution in [3.8, 4) is 0 Å². The smallest absolute Gasteiger partial charge is 0.260 e. The highest BCUT2D eigenvalue weighted by molar-refractivity contribution is 5.82. The molecule has 14 heavy (non-hydrogen) atoms. The van der Waals surface area contributed by atoms with Gasteiger partial charge in [-0.25, -0.2) is 9.50 Å². The van der Waals surface area contributed by atoms with Gasteiger partial charge in [0.15, 0.2) is 5.65 Å². The first kappa shape index (κ1) is 7.25. The third kappa shape index (κ3) is 0.806. The summed E-state index contributed by atoms with van der Waals surface area (Å²) in [4.78, 5) is 18.0. The van der Waals surface area contributed by atoms with Crippen molar-refractivity contribution in [3.05, 3.63) is 41.1 Å². The minimum absolute atomic E-state index is 0.138. The molecule has 0 saturated carbocycles. The largest absolute Gasteiger partial charge is 0.313 e. The van der Waals surface area contributed by atoms with E-state index in [-0.39, 0.29) is 5.56 Å². The Morgan fingerprint density at radius 2 is 2.36 bits per heavy atom. The maximum absolute atomic E-state index is 11.4. The van der Waals surface area contributed by atoms with Gasteiger partial charge in [0, 0.05) is 6.20 Å². The lowest BCUT2D eigenvalue weighted by Gasteiger charge is -1.91. The lowest BCUT2D eigenvalue weighted by atomic mass is 10.4. The molecule has 3 heterocycles. The molecule has 0 aliphatic rings. The van der Waals surface area contributed by atoms with E-state index < -0.39 is 0 Å². The monoisotopic (exact) mass is 186 g/mol. The van der Waals surface area contributed by atoms with E-state index in [9.17, 15) is 4.79 Å². The molecular weight excluding hydrogens is 180 g/mol. The molecule has 0 fully saturated rings. The Morgan fingerprint density at radius 3 is 3.29 bits per heavy atom. The van der Waals surface area contributed by atoms with Crippen molar-refractivity contribution in [1.29, 1.82) is 0 Å². The minimum atomic E-state index is -0.138. The van der Waals surface area contributed by atoms with Gasteiger partial charge < -0.3 is 4.98 Å². The fraction of sp³-hybridized carbons (Fsp3) is 0. The molecule has 68 valence electrons. The average molecular weight is 186 g/mol. The lowest BCUT2D eigenvalue weighted by molar-refractivity contribution is 0.951. The first-order valence-corrected chi connectivity index (χ1v) is 4.16. The number of aromatic amines is 1. The Bertz CT molecular complexity index is 667. The number of hydrogen-bond acceptors (Lipinski definition) is 3. The van der Waals surface area contributed by atoms with Gasteiger partial charge in [-0.05, 0) is 18.2 Å². The van der Waals surface area contributed by atoms with Crippen LogP contribution in [0.5, 0.6) is 0 Å². The van der Waals surface area contributed by atoms with Crippen LogP contribution in [0.2, 0.25) is 0 Å². The molecule has 0 aliphatic heterocycles. The van der Waals surface area contributed by atoms with Gasteiger partial charge in [0.1, 0.15) is 0 Å².